The lowest BCUT2D eigenvalue weighted by molar-refractivity contribution is -0.359. The van der Waals surface area contributed by atoms with Crippen molar-refractivity contribution >= 4 is 5.91 Å². The van der Waals surface area contributed by atoms with Crippen LogP contribution >= 0.6 is 0 Å². The van der Waals surface area contributed by atoms with E-state index >= 15 is 0 Å². The molecule has 0 spiro atoms. The zero-order valence-electron chi connectivity index (χ0n) is 66.5. The summed E-state index contributed by atoms with van der Waals surface area (Å²) in [6.45, 7) is 2.72. The molecule has 0 aromatic carbocycles. The Balaban J connectivity index is 1.59. The molecule has 12 atom stereocenters. The van der Waals surface area contributed by atoms with Gasteiger partial charge in [0.05, 0.1) is 32.0 Å². The SMILES string of the molecule is CC/C=C\C/C=C\C/C=C\C/C=C\C/C=C\C/C=C\CCCCCCCCCCCCCCCCCCCCCCC(=O)NC(COC1OC(CO)C(OC2OC(CO)C(O)C(O)C2O)C(O)C1O)C(O)/C=C/CC/C=C/CCCCCCCCCCCCCCCCCCCCCCCCCCC. The fraction of sp³-hybridized carbons (Fsp3) is 0.811. The number of carbonyl (C=O) groups excluding carboxylic acids is 1. The third-order valence-electron chi connectivity index (χ3n) is 20.8. The predicted octanol–water partition coefficient (Wildman–Crippen LogP) is 20.8. The van der Waals surface area contributed by atoms with Crippen molar-refractivity contribution in [2.45, 2.75) is 447 Å². The highest BCUT2D eigenvalue weighted by Crippen LogP contribution is 2.30. The summed E-state index contributed by atoms with van der Waals surface area (Å²) in [5.41, 5.74) is 0. The van der Waals surface area contributed by atoms with Crippen LogP contribution in [0.2, 0.25) is 0 Å². The van der Waals surface area contributed by atoms with Crippen molar-refractivity contribution in [2.75, 3.05) is 19.8 Å². The van der Waals surface area contributed by atoms with Gasteiger partial charge in [0.15, 0.2) is 12.6 Å². The van der Waals surface area contributed by atoms with Gasteiger partial charge in [-0.25, -0.2) is 0 Å². The zero-order chi connectivity index (χ0) is 75.1. The van der Waals surface area contributed by atoms with Gasteiger partial charge in [0.2, 0.25) is 5.91 Å². The number of aliphatic hydroxyl groups excluding tert-OH is 8. The zero-order valence-corrected chi connectivity index (χ0v) is 66.5. The first kappa shape index (κ1) is 97.0. The Bertz CT molecular complexity index is 2120. The number of ether oxygens (including phenoxy) is 4. The maximum absolute atomic E-state index is 13.4. The smallest absolute Gasteiger partial charge is 0.220 e. The van der Waals surface area contributed by atoms with Gasteiger partial charge in [0.25, 0.3) is 0 Å². The molecule has 0 aliphatic carbocycles. The summed E-state index contributed by atoms with van der Waals surface area (Å²) in [7, 11) is 0. The first-order chi connectivity index (χ1) is 51.1. The van der Waals surface area contributed by atoms with Crippen molar-refractivity contribution in [2.24, 2.45) is 0 Å². The van der Waals surface area contributed by atoms with Crippen molar-refractivity contribution < 1.29 is 64.6 Å². The Morgan fingerprint density at radius 1 is 0.356 bits per heavy atom. The molecule has 2 aliphatic heterocycles. The van der Waals surface area contributed by atoms with Crippen LogP contribution in [0.5, 0.6) is 0 Å². The first-order valence-corrected chi connectivity index (χ1v) is 43.5. The van der Waals surface area contributed by atoms with Gasteiger partial charge in [-0.2, -0.15) is 0 Å². The molecule has 0 aromatic rings. The molecule has 2 rings (SSSR count). The Labute approximate surface area is 636 Å². The second-order valence-electron chi connectivity index (χ2n) is 30.3. The van der Waals surface area contributed by atoms with Crippen LogP contribution in [-0.2, 0) is 23.7 Å². The van der Waals surface area contributed by atoms with Gasteiger partial charge in [-0.1, -0.05) is 381 Å². The van der Waals surface area contributed by atoms with Gasteiger partial charge in [0.1, 0.15) is 48.8 Å². The lowest BCUT2D eigenvalue weighted by Crippen LogP contribution is -2.65. The van der Waals surface area contributed by atoms with E-state index in [2.05, 4.69) is 104 Å². The van der Waals surface area contributed by atoms with E-state index in [1.165, 1.54) is 270 Å². The molecular weight excluding hydrogens is 1300 g/mol. The van der Waals surface area contributed by atoms with Gasteiger partial charge in [-0.3, -0.25) is 4.79 Å². The highest BCUT2D eigenvalue weighted by molar-refractivity contribution is 5.76. The molecular formula is C90H161NO13. The second kappa shape index (κ2) is 72.8. The maximum atomic E-state index is 13.4. The molecule has 1 amide bonds. The first-order valence-electron chi connectivity index (χ1n) is 43.5. The van der Waals surface area contributed by atoms with Crippen molar-refractivity contribution in [1.29, 1.82) is 0 Å². The van der Waals surface area contributed by atoms with E-state index in [1.807, 2.05) is 6.08 Å². The summed E-state index contributed by atoms with van der Waals surface area (Å²) in [5.74, 6) is -0.245. The number of amides is 1. The Hall–Kier alpha value is -3.09. The molecule has 2 fully saturated rings. The maximum Gasteiger partial charge on any atom is 0.220 e. The second-order valence-corrected chi connectivity index (χ2v) is 30.3. The van der Waals surface area contributed by atoms with E-state index < -0.39 is 86.8 Å². The Morgan fingerprint density at radius 2 is 0.673 bits per heavy atom. The number of rotatable bonds is 73. The van der Waals surface area contributed by atoms with Crippen LogP contribution in [0.4, 0.5) is 0 Å². The molecule has 14 nitrogen and oxygen atoms in total. The molecule has 2 aliphatic rings. The fourth-order valence-corrected chi connectivity index (χ4v) is 14.0. The number of nitrogens with one attached hydrogen (secondary N) is 1. The van der Waals surface area contributed by atoms with Crippen molar-refractivity contribution in [3.63, 3.8) is 0 Å². The molecule has 12 unspecified atom stereocenters. The molecule has 104 heavy (non-hydrogen) atoms. The predicted molar refractivity (Wildman–Crippen MR) is 433 cm³/mol. The topological polar surface area (TPSA) is 228 Å². The monoisotopic (exact) mass is 1460 g/mol. The molecule has 0 saturated carbocycles. The summed E-state index contributed by atoms with van der Waals surface area (Å²) >= 11 is 0. The standard InChI is InChI=1S/C90H161NO13/c1-3-5-7-9-11-13-15-17-19-21-23-25-27-29-31-33-35-36-37-38-39-40-41-42-44-46-48-50-52-54-56-58-60-62-64-66-68-70-72-74-82(95)91-78(77-101-89-87(100)85(98)88(81(76-93)103-89)104-90-86(99)84(97)83(96)80(75-92)102-90)79(94)73-71-69-67-65-63-61-59-57-55-53-51-49-47-45-43-34-32-30-28-26-24-22-20-18-16-14-12-10-8-6-4-2/h5,7,11,13,17,19,23,25,29,31,35-36,63,65,71,73,78-81,83-90,92-94,96-100H,3-4,6,8-10,12,14-16,18,20-22,24,26-28,30,32-34,37-62,64,66-70,72,74-77H2,1-2H3,(H,91,95)/b7-5-,13-11-,19-17-,25-23-,31-29-,36-35-,65-63+,73-71+. The minimum absolute atomic E-state index is 0.245. The minimum Gasteiger partial charge on any atom is -0.394 e. The van der Waals surface area contributed by atoms with E-state index in [4.69, 9.17) is 18.9 Å². The van der Waals surface area contributed by atoms with E-state index in [9.17, 15) is 45.6 Å². The van der Waals surface area contributed by atoms with E-state index in [1.54, 1.807) is 6.08 Å². The van der Waals surface area contributed by atoms with Gasteiger partial charge in [0, 0.05) is 6.42 Å². The van der Waals surface area contributed by atoms with Crippen LogP contribution < -0.4 is 5.32 Å². The number of allylic oxidation sites excluding steroid dienone is 15. The summed E-state index contributed by atoms with van der Waals surface area (Å²) < 4.78 is 22.9. The quantitative estimate of drug-likeness (QED) is 0.0204. The number of aliphatic hydroxyl groups is 8. The number of hydrogen-bond acceptors (Lipinski definition) is 13. The van der Waals surface area contributed by atoms with E-state index in [0.717, 1.165) is 70.6 Å². The lowest BCUT2D eigenvalue weighted by Gasteiger charge is -2.46. The number of unbranched alkanes of at least 4 members (excludes halogenated alkanes) is 46. The van der Waals surface area contributed by atoms with Crippen LogP contribution in [0, 0.1) is 0 Å². The number of hydrogen-bond donors (Lipinski definition) is 9. The summed E-state index contributed by atoms with van der Waals surface area (Å²) in [5, 5.41) is 87.8. The van der Waals surface area contributed by atoms with E-state index in [-0.39, 0.29) is 18.9 Å². The van der Waals surface area contributed by atoms with Gasteiger partial charge in [-0.05, 0) is 83.5 Å². The fourth-order valence-electron chi connectivity index (χ4n) is 14.0. The minimum atomic E-state index is -1.79. The molecule has 0 radical (unpaired) electrons. The van der Waals surface area contributed by atoms with Crippen molar-refractivity contribution in [3.8, 4) is 0 Å². The van der Waals surface area contributed by atoms with Gasteiger partial charge in [-0.15, -0.1) is 0 Å². The molecule has 2 saturated heterocycles. The van der Waals surface area contributed by atoms with Crippen LogP contribution in [0.1, 0.15) is 373 Å². The Kier molecular flexibility index (Phi) is 67.8. The van der Waals surface area contributed by atoms with Crippen LogP contribution in [0.15, 0.2) is 97.2 Å². The molecule has 604 valence electrons. The lowest BCUT2D eigenvalue weighted by atomic mass is 9.97. The highest BCUT2D eigenvalue weighted by atomic mass is 16.7. The third-order valence-corrected chi connectivity index (χ3v) is 20.8. The summed E-state index contributed by atoms with van der Waals surface area (Å²) in [6, 6.07) is -0.937. The number of carbonyl (C=O) groups is 1. The van der Waals surface area contributed by atoms with Gasteiger partial charge < -0.3 is 65.1 Å². The van der Waals surface area contributed by atoms with Crippen molar-refractivity contribution in [1.82, 2.24) is 5.32 Å². The van der Waals surface area contributed by atoms with E-state index in [0.29, 0.717) is 12.8 Å². The summed E-state index contributed by atoms with van der Waals surface area (Å²) in [6.07, 6.45) is 88.0. The highest BCUT2D eigenvalue weighted by Gasteiger charge is 2.51. The largest absolute Gasteiger partial charge is 0.394 e. The Morgan fingerprint density at radius 3 is 1.06 bits per heavy atom. The average molecular weight is 1470 g/mol. The third kappa shape index (κ3) is 54.5. The molecule has 2 heterocycles. The molecule has 0 bridgehead atoms. The summed E-state index contributed by atoms with van der Waals surface area (Å²) in [4.78, 5) is 13.4. The van der Waals surface area contributed by atoms with Crippen LogP contribution in [0.3, 0.4) is 0 Å². The van der Waals surface area contributed by atoms with Crippen LogP contribution in [-0.4, -0.2) is 140 Å². The molecule has 14 heteroatoms. The van der Waals surface area contributed by atoms with Crippen molar-refractivity contribution in [3.05, 3.63) is 97.2 Å². The average Bonchev–Trinajstić information content (AvgIpc) is 0.791. The normalized spacial score (nSPS) is 21.9. The molecule has 9 N–H and O–H groups in total. The van der Waals surface area contributed by atoms with Gasteiger partial charge >= 0.3 is 0 Å². The van der Waals surface area contributed by atoms with Crippen LogP contribution in [0.25, 0.3) is 0 Å². The molecule has 0 aromatic heterocycles.